The average molecular weight is 267 g/mol. The van der Waals surface area contributed by atoms with Gasteiger partial charge in [-0.1, -0.05) is 11.6 Å². The number of halogens is 1. The van der Waals surface area contributed by atoms with Gasteiger partial charge in [-0.2, -0.15) is 0 Å². The molecule has 2 aliphatic rings. The molecule has 0 aliphatic carbocycles. The van der Waals surface area contributed by atoms with Crippen molar-refractivity contribution < 1.29 is 9.90 Å². The normalized spacial score (nSPS) is 26.4. The van der Waals surface area contributed by atoms with Crippen molar-refractivity contribution in [1.29, 1.82) is 0 Å². The van der Waals surface area contributed by atoms with Crippen LogP contribution in [0.4, 0.5) is 0 Å². The third kappa shape index (κ3) is 1.95. The van der Waals surface area contributed by atoms with Crippen LogP contribution in [0.3, 0.4) is 0 Å². The molecule has 2 N–H and O–H groups in total. The SMILES string of the molecule is O=C(c1ccc(Cl)cc1O)N1C[C@H]2CNC[C@H]2C1. The largest absolute Gasteiger partial charge is 0.507 e. The predicted octanol–water partition coefficient (Wildman–Crippen LogP) is 1.34. The van der Waals surface area contributed by atoms with E-state index in [0.717, 1.165) is 26.2 Å². The van der Waals surface area contributed by atoms with Gasteiger partial charge in [-0.15, -0.1) is 0 Å². The zero-order chi connectivity index (χ0) is 12.7. The van der Waals surface area contributed by atoms with Crippen LogP contribution in [0.25, 0.3) is 0 Å². The maximum Gasteiger partial charge on any atom is 0.257 e. The van der Waals surface area contributed by atoms with E-state index >= 15 is 0 Å². The Morgan fingerprint density at radius 3 is 2.61 bits per heavy atom. The molecular formula is C13H15ClN2O2. The summed E-state index contributed by atoms with van der Waals surface area (Å²) >= 11 is 5.77. The van der Waals surface area contributed by atoms with Crippen LogP contribution in [-0.2, 0) is 0 Å². The van der Waals surface area contributed by atoms with Gasteiger partial charge in [0.1, 0.15) is 5.75 Å². The minimum atomic E-state index is -0.0985. The van der Waals surface area contributed by atoms with Crippen molar-refractivity contribution >= 4 is 17.5 Å². The molecule has 2 aliphatic heterocycles. The Morgan fingerprint density at radius 1 is 1.33 bits per heavy atom. The van der Waals surface area contributed by atoms with Crippen molar-refractivity contribution in [1.82, 2.24) is 10.2 Å². The van der Waals surface area contributed by atoms with Crippen molar-refractivity contribution in [3.8, 4) is 5.75 Å². The molecular weight excluding hydrogens is 252 g/mol. The van der Waals surface area contributed by atoms with Crippen LogP contribution in [0.2, 0.25) is 5.02 Å². The molecule has 4 nitrogen and oxygen atoms in total. The third-order valence-corrected chi connectivity index (χ3v) is 4.10. The fraction of sp³-hybridized carbons (Fsp3) is 0.462. The molecule has 1 amide bonds. The first-order valence-corrected chi connectivity index (χ1v) is 6.51. The summed E-state index contributed by atoms with van der Waals surface area (Å²) in [7, 11) is 0. The second kappa shape index (κ2) is 4.44. The second-order valence-corrected chi connectivity index (χ2v) is 5.49. The number of phenolic OH excluding ortho intramolecular Hbond substituents is 1. The number of fused-ring (bicyclic) bond motifs is 1. The van der Waals surface area contributed by atoms with E-state index in [1.165, 1.54) is 6.07 Å². The molecule has 2 atom stereocenters. The lowest BCUT2D eigenvalue weighted by atomic mass is 10.0. The molecule has 2 fully saturated rings. The smallest absolute Gasteiger partial charge is 0.257 e. The van der Waals surface area contributed by atoms with Gasteiger partial charge < -0.3 is 15.3 Å². The molecule has 0 saturated carbocycles. The number of nitrogens with zero attached hydrogens (tertiary/aromatic N) is 1. The first-order chi connectivity index (χ1) is 8.65. The molecule has 2 heterocycles. The van der Waals surface area contributed by atoms with Gasteiger partial charge in [0.05, 0.1) is 5.56 Å². The Balaban J connectivity index is 1.79. The molecule has 0 radical (unpaired) electrons. The summed E-state index contributed by atoms with van der Waals surface area (Å²) in [4.78, 5) is 14.1. The Kier molecular flexibility index (Phi) is 2.92. The van der Waals surface area contributed by atoms with Gasteiger partial charge in [0.2, 0.25) is 0 Å². The number of carbonyl (C=O) groups is 1. The van der Waals surface area contributed by atoms with Gasteiger partial charge in [-0.25, -0.2) is 0 Å². The lowest BCUT2D eigenvalue weighted by Gasteiger charge is -2.18. The van der Waals surface area contributed by atoms with Crippen molar-refractivity contribution in [2.45, 2.75) is 0 Å². The van der Waals surface area contributed by atoms with Crippen molar-refractivity contribution in [2.24, 2.45) is 11.8 Å². The van der Waals surface area contributed by atoms with Gasteiger partial charge in [-0.3, -0.25) is 4.79 Å². The summed E-state index contributed by atoms with van der Waals surface area (Å²) < 4.78 is 0. The van der Waals surface area contributed by atoms with Crippen LogP contribution in [0.5, 0.6) is 5.75 Å². The van der Waals surface area contributed by atoms with E-state index in [9.17, 15) is 9.90 Å². The molecule has 3 rings (SSSR count). The molecule has 0 bridgehead atoms. The Morgan fingerprint density at radius 2 is 2.00 bits per heavy atom. The number of aromatic hydroxyl groups is 1. The van der Waals surface area contributed by atoms with Crippen LogP contribution in [0.15, 0.2) is 18.2 Å². The molecule has 0 spiro atoms. The lowest BCUT2D eigenvalue weighted by Crippen LogP contribution is -2.31. The van der Waals surface area contributed by atoms with Gasteiger partial charge in [0.25, 0.3) is 5.91 Å². The summed E-state index contributed by atoms with van der Waals surface area (Å²) in [5.74, 6) is 0.980. The highest BCUT2D eigenvalue weighted by Gasteiger charge is 2.38. The fourth-order valence-electron chi connectivity index (χ4n) is 2.88. The van der Waals surface area contributed by atoms with E-state index in [-0.39, 0.29) is 11.7 Å². The summed E-state index contributed by atoms with van der Waals surface area (Å²) in [6.07, 6.45) is 0. The maximum absolute atomic E-state index is 12.3. The van der Waals surface area contributed by atoms with Crippen LogP contribution in [-0.4, -0.2) is 42.1 Å². The van der Waals surface area contributed by atoms with Gasteiger partial charge in [0.15, 0.2) is 0 Å². The number of benzene rings is 1. The number of hydrogen-bond donors (Lipinski definition) is 2. The van der Waals surface area contributed by atoms with Crippen LogP contribution in [0.1, 0.15) is 10.4 Å². The molecule has 1 aromatic carbocycles. The molecule has 5 heteroatoms. The van der Waals surface area contributed by atoms with Crippen LogP contribution in [0, 0.1) is 11.8 Å². The highest BCUT2D eigenvalue weighted by molar-refractivity contribution is 6.30. The Bertz CT molecular complexity index is 480. The third-order valence-electron chi connectivity index (χ3n) is 3.87. The summed E-state index contributed by atoms with van der Waals surface area (Å²) in [5, 5.41) is 13.6. The highest BCUT2D eigenvalue weighted by Crippen LogP contribution is 2.30. The van der Waals surface area contributed by atoms with Gasteiger partial charge in [0, 0.05) is 31.2 Å². The number of carbonyl (C=O) groups excluding carboxylic acids is 1. The first kappa shape index (κ1) is 11.8. The quantitative estimate of drug-likeness (QED) is 0.807. The summed E-state index contributed by atoms with van der Waals surface area (Å²) in [6, 6.07) is 4.63. The molecule has 96 valence electrons. The molecule has 2 saturated heterocycles. The summed E-state index contributed by atoms with van der Waals surface area (Å²) in [6.45, 7) is 3.53. The molecule has 1 aromatic rings. The van der Waals surface area contributed by atoms with E-state index in [1.54, 1.807) is 12.1 Å². The van der Waals surface area contributed by atoms with E-state index < -0.39 is 0 Å². The zero-order valence-corrected chi connectivity index (χ0v) is 10.7. The highest BCUT2D eigenvalue weighted by atomic mass is 35.5. The number of rotatable bonds is 1. The van der Waals surface area contributed by atoms with Crippen molar-refractivity contribution in [3.63, 3.8) is 0 Å². The first-order valence-electron chi connectivity index (χ1n) is 6.13. The molecule has 0 aromatic heterocycles. The van der Waals surface area contributed by atoms with E-state index in [2.05, 4.69) is 5.32 Å². The topological polar surface area (TPSA) is 52.6 Å². The average Bonchev–Trinajstić information content (AvgIpc) is 2.87. The minimum Gasteiger partial charge on any atom is -0.507 e. The molecule has 0 unspecified atom stereocenters. The Hall–Kier alpha value is -1.26. The van der Waals surface area contributed by atoms with E-state index in [4.69, 9.17) is 11.6 Å². The van der Waals surface area contributed by atoms with Gasteiger partial charge >= 0.3 is 0 Å². The molecule has 18 heavy (non-hydrogen) atoms. The maximum atomic E-state index is 12.3. The lowest BCUT2D eigenvalue weighted by molar-refractivity contribution is 0.0778. The van der Waals surface area contributed by atoms with Gasteiger partial charge in [-0.05, 0) is 30.0 Å². The fourth-order valence-corrected chi connectivity index (χ4v) is 3.04. The zero-order valence-electron chi connectivity index (χ0n) is 9.90. The van der Waals surface area contributed by atoms with Crippen molar-refractivity contribution in [3.05, 3.63) is 28.8 Å². The van der Waals surface area contributed by atoms with Crippen LogP contribution >= 0.6 is 11.6 Å². The second-order valence-electron chi connectivity index (χ2n) is 5.05. The minimum absolute atomic E-state index is 0.0392. The monoisotopic (exact) mass is 266 g/mol. The number of phenols is 1. The number of nitrogens with one attached hydrogen (secondary N) is 1. The number of amides is 1. The standard InChI is InChI=1S/C13H15ClN2O2/c14-10-1-2-11(12(17)3-10)13(18)16-6-8-4-15-5-9(8)7-16/h1-3,8-9,15,17H,4-7H2/t8-,9+. The van der Waals surface area contributed by atoms with E-state index in [1.807, 2.05) is 4.90 Å². The van der Waals surface area contributed by atoms with Crippen molar-refractivity contribution in [2.75, 3.05) is 26.2 Å². The predicted molar refractivity (Wildman–Crippen MR) is 68.9 cm³/mol. The van der Waals surface area contributed by atoms with E-state index in [0.29, 0.717) is 22.4 Å². The van der Waals surface area contributed by atoms with Crippen LogP contribution < -0.4 is 5.32 Å². The number of likely N-dealkylation sites (tertiary alicyclic amines) is 1. The Labute approximate surface area is 111 Å². The summed E-state index contributed by atoms with van der Waals surface area (Å²) in [5.41, 5.74) is 0.340. The number of hydrogen-bond acceptors (Lipinski definition) is 3.